The van der Waals surface area contributed by atoms with E-state index in [1.807, 2.05) is 6.26 Å². The molecule has 5 heteroatoms. The molecule has 1 rings (SSSR count). The number of benzene rings is 1. The summed E-state index contributed by atoms with van der Waals surface area (Å²) < 4.78 is 12.9. The maximum atomic E-state index is 12.9. The van der Waals surface area contributed by atoms with E-state index in [9.17, 15) is 9.18 Å². The molecule has 1 unspecified atom stereocenters. The van der Waals surface area contributed by atoms with E-state index in [0.29, 0.717) is 12.1 Å². The molecule has 0 spiro atoms. The Bertz CT molecular complexity index is 373. The van der Waals surface area contributed by atoms with Crippen molar-refractivity contribution in [2.45, 2.75) is 18.9 Å². The number of carboxylic acids is 1. The summed E-state index contributed by atoms with van der Waals surface area (Å²) in [5.74, 6) is -0.354. The Morgan fingerprint density at radius 2 is 2.35 bits per heavy atom. The normalized spacial score (nSPS) is 12.1. The van der Waals surface area contributed by atoms with Crippen LogP contribution in [-0.2, 0) is 4.79 Å². The van der Waals surface area contributed by atoms with Crippen LogP contribution < -0.4 is 5.32 Å². The van der Waals surface area contributed by atoms with Gasteiger partial charge in [0.25, 0.3) is 0 Å². The second kappa shape index (κ2) is 7.17. The first-order chi connectivity index (χ1) is 8.13. The molecule has 1 aromatic carbocycles. The summed E-state index contributed by atoms with van der Waals surface area (Å²) in [6.45, 7) is 0. The van der Waals surface area contributed by atoms with Gasteiger partial charge in [-0.3, -0.25) is 0 Å². The number of aliphatic carboxylic acids is 1. The zero-order chi connectivity index (χ0) is 12.7. The molecular formula is C12H16FNO2S. The fourth-order valence-electron chi connectivity index (χ4n) is 1.47. The Kier molecular flexibility index (Phi) is 5.83. The summed E-state index contributed by atoms with van der Waals surface area (Å²) in [6, 6.07) is 5.18. The summed E-state index contributed by atoms with van der Waals surface area (Å²) >= 11 is 1.68. The molecule has 3 nitrogen and oxygen atoms in total. The quantitative estimate of drug-likeness (QED) is 0.737. The van der Waals surface area contributed by atoms with Crippen molar-refractivity contribution in [2.75, 3.05) is 17.3 Å². The molecule has 0 aliphatic carbocycles. The molecule has 94 valence electrons. The molecule has 0 amide bonds. The van der Waals surface area contributed by atoms with E-state index < -0.39 is 12.0 Å². The number of carbonyl (C=O) groups is 1. The number of halogens is 1. The lowest BCUT2D eigenvalue weighted by atomic mass is 10.1. The van der Waals surface area contributed by atoms with Gasteiger partial charge in [0, 0.05) is 5.69 Å². The fraction of sp³-hybridized carbons (Fsp3) is 0.417. The summed E-state index contributed by atoms with van der Waals surface area (Å²) in [4.78, 5) is 11.0. The molecule has 0 saturated heterocycles. The molecule has 0 aliphatic heterocycles. The van der Waals surface area contributed by atoms with Crippen molar-refractivity contribution in [1.29, 1.82) is 0 Å². The van der Waals surface area contributed by atoms with E-state index in [-0.39, 0.29) is 5.82 Å². The summed E-state index contributed by atoms with van der Waals surface area (Å²) in [5, 5.41) is 11.9. The third-order valence-corrected chi connectivity index (χ3v) is 3.00. The minimum Gasteiger partial charge on any atom is -0.480 e. The van der Waals surface area contributed by atoms with Gasteiger partial charge in [0.2, 0.25) is 0 Å². The Labute approximate surface area is 104 Å². The van der Waals surface area contributed by atoms with Crippen LogP contribution in [0.5, 0.6) is 0 Å². The van der Waals surface area contributed by atoms with Crippen LogP contribution in [0.1, 0.15) is 12.8 Å². The third-order valence-electron chi connectivity index (χ3n) is 2.30. The van der Waals surface area contributed by atoms with Crippen molar-refractivity contribution in [3.8, 4) is 0 Å². The van der Waals surface area contributed by atoms with Gasteiger partial charge in [-0.05, 0) is 43.0 Å². The number of carboxylic acid groups (broad SMARTS) is 1. The van der Waals surface area contributed by atoms with E-state index in [2.05, 4.69) is 5.32 Å². The minimum atomic E-state index is -0.907. The zero-order valence-electron chi connectivity index (χ0n) is 9.65. The lowest BCUT2D eigenvalue weighted by Gasteiger charge is -2.15. The molecule has 0 aromatic heterocycles. The van der Waals surface area contributed by atoms with Crippen molar-refractivity contribution in [2.24, 2.45) is 0 Å². The van der Waals surface area contributed by atoms with Crippen LogP contribution in [0.15, 0.2) is 24.3 Å². The Morgan fingerprint density at radius 3 is 2.94 bits per heavy atom. The number of hydrogen-bond donors (Lipinski definition) is 2. The van der Waals surface area contributed by atoms with Gasteiger partial charge < -0.3 is 10.4 Å². The van der Waals surface area contributed by atoms with Crippen molar-refractivity contribution in [1.82, 2.24) is 0 Å². The van der Waals surface area contributed by atoms with E-state index in [0.717, 1.165) is 12.2 Å². The van der Waals surface area contributed by atoms with Crippen LogP contribution in [-0.4, -0.2) is 29.1 Å². The predicted molar refractivity (Wildman–Crippen MR) is 69.1 cm³/mol. The highest BCUT2D eigenvalue weighted by atomic mass is 32.2. The van der Waals surface area contributed by atoms with E-state index >= 15 is 0 Å². The molecule has 0 aliphatic rings. The second-order valence-corrected chi connectivity index (χ2v) is 4.67. The van der Waals surface area contributed by atoms with Gasteiger partial charge in [-0.2, -0.15) is 11.8 Å². The van der Waals surface area contributed by atoms with Crippen LogP contribution in [0.25, 0.3) is 0 Å². The fourth-order valence-corrected chi connectivity index (χ4v) is 1.92. The standard InChI is InChI=1S/C12H16FNO2S/c1-17-7-3-6-11(12(15)16)14-10-5-2-4-9(13)8-10/h2,4-5,8,11,14H,3,6-7H2,1H3,(H,15,16). The highest BCUT2D eigenvalue weighted by molar-refractivity contribution is 7.98. The monoisotopic (exact) mass is 257 g/mol. The molecule has 0 fully saturated rings. The largest absolute Gasteiger partial charge is 0.480 e. The predicted octanol–water partition coefficient (Wildman–Crippen LogP) is 2.83. The average Bonchev–Trinajstić information content (AvgIpc) is 2.28. The van der Waals surface area contributed by atoms with Gasteiger partial charge in [0.15, 0.2) is 0 Å². The molecule has 0 saturated carbocycles. The second-order valence-electron chi connectivity index (χ2n) is 3.68. The first-order valence-electron chi connectivity index (χ1n) is 5.37. The topological polar surface area (TPSA) is 49.3 Å². The van der Waals surface area contributed by atoms with Crippen LogP contribution in [0.4, 0.5) is 10.1 Å². The van der Waals surface area contributed by atoms with Crippen LogP contribution in [0.3, 0.4) is 0 Å². The molecular weight excluding hydrogens is 241 g/mol. The van der Waals surface area contributed by atoms with Crippen LogP contribution in [0.2, 0.25) is 0 Å². The first kappa shape index (κ1) is 13.8. The molecule has 1 atom stereocenters. The van der Waals surface area contributed by atoms with Gasteiger partial charge >= 0.3 is 5.97 Å². The Morgan fingerprint density at radius 1 is 1.59 bits per heavy atom. The maximum absolute atomic E-state index is 12.9. The number of anilines is 1. The molecule has 0 radical (unpaired) electrons. The molecule has 0 bridgehead atoms. The SMILES string of the molecule is CSCCCC(Nc1cccc(F)c1)C(=O)O. The number of hydrogen-bond acceptors (Lipinski definition) is 3. The third kappa shape index (κ3) is 5.08. The highest BCUT2D eigenvalue weighted by Gasteiger charge is 2.16. The minimum absolute atomic E-state index is 0.372. The lowest BCUT2D eigenvalue weighted by Crippen LogP contribution is -2.29. The van der Waals surface area contributed by atoms with Gasteiger partial charge in [-0.1, -0.05) is 6.07 Å². The molecule has 0 heterocycles. The average molecular weight is 257 g/mol. The van der Waals surface area contributed by atoms with Crippen molar-refractivity contribution < 1.29 is 14.3 Å². The lowest BCUT2D eigenvalue weighted by molar-refractivity contribution is -0.138. The summed E-state index contributed by atoms with van der Waals surface area (Å²) in [7, 11) is 0. The van der Waals surface area contributed by atoms with Crippen molar-refractivity contribution in [3.05, 3.63) is 30.1 Å². The van der Waals surface area contributed by atoms with Crippen LogP contribution >= 0.6 is 11.8 Å². The first-order valence-corrected chi connectivity index (χ1v) is 6.76. The van der Waals surface area contributed by atoms with E-state index in [1.54, 1.807) is 23.9 Å². The number of thioether (sulfide) groups is 1. The Balaban J connectivity index is 2.57. The highest BCUT2D eigenvalue weighted by Crippen LogP contribution is 2.13. The maximum Gasteiger partial charge on any atom is 0.326 e. The van der Waals surface area contributed by atoms with Crippen molar-refractivity contribution in [3.63, 3.8) is 0 Å². The molecule has 1 aromatic rings. The van der Waals surface area contributed by atoms with Gasteiger partial charge in [-0.15, -0.1) is 0 Å². The molecule has 2 N–H and O–H groups in total. The zero-order valence-corrected chi connectivity index (χ0v) is 10.5. The van der Waals surface area contributed by atoms with E-state index in [4.69, 9.17) is 5.11 Å². The van der Waals surface area contributed by atoms with Crippen LogP contribution in [0, 0.1) is 5.82 Å². The van der Waals surface area contributed by atoms with Crippen molar-refractivity contribution >= 4 is 23.4 Å². The number of nitrogens with one attached hydrogen (secondary N) is 1. The molecule has 17 heavy (non-hydrogen) atoms. The van der Waals surface area contributed by atoms with Gasteiger partial charge in [0.05, 0.1) is 0 Å². The number of rotatable bonds is 7. The summed E-state index contributed by atoms with van der Waals surface area (Å²) in [6.07, 6.45) is 3.34. The Hall–Kier alpha value is -1.23. The van der Waals surface area contributed by atoms with E-state index in [1.165, 1.54) is 12.1 Å². The summed E-state index contributed by atoms with van der Waals surface area (Å²) in [5.41, 5.74) is 0.501. The van der Waals surface area contributed by atoms with Gasteiger partial charge in [-0.25, -0.2) is 9.18 Å². The smallest absolute Gasteiger partial charge is 0.326 e. The van der Waals surface area contributed by atoms with Gasteiger partial charge in [0.1, 0.15) is 11.9 Å².